The van der Waals surface area contributed by atoms with Gasteiger partial charge in [-0.15, -0.1) is 0 Å². The molecule has 2 aromatic rings. The lowest BCUT2D eigenvalue weighted by atomic mass is 10.1. The van der Waals surface area contributed by atoms with Crippen LogP contribution in [-0.2, 0) is 11.3 Å². The Morgan fingerprint density at radius 3 is 2.42 bits per heavy atom. The van der Waals surface area contributed by atoms with Crippen LogP contribution in [0.2, 0.25) is 0 Å². The molecule has 2 heterocycles. The number of aromatic nitrogens is 3. The molecule has 0 spiro atoms. The van der Waals surface area contributed by atoms with Crippen molar-refractivity contribution >= 4 is 11.9 Å². The summed E-state index contributed by atoms with van der Waals surface area (Å²) in [5.74, 6) is -0.663. The number of nitrogens with zero attached hydrogens (tertiary/aromatic N) is 2. The maximum Gasteiger partial charge on any atom is 0.340 e. The monoisotopic (exact) mass is 360 g/mol. The highest BCUT2D eigenvalue weighted by Crippen LogP contribution is 2.20. The number of amides is 1. The first-order valence-electron chi connectivity index (χ1n) is 8.82. The van der Waals surface area contributed by atoms with Crippen molar-refractivity contribution in [2.45, 2.75) is 67.2 Å². The van der Waals surface area contributed by atoms with Crippen LogP contribution < -0.4 is 5.32 Å². The third-order valence-corrected chi connectivity index (χ3v) is 4.14. The molecule has 0 bridgehead atoms. The van der Waals surface area contributed by atoms with E-state index in [2.05, 4.69) is 15.4 Å². The third-order valence-electron chi connectivity index (χ3n) is 4.14. The van der Waals surface area contributed by atoms with Crippen molar-refractivity contribution in [2.75, 3.05) is 0 Å². The molecule has 0 aromatic carbocycles. The van der Waals surface area contributed by atoms with Crippen LogP contribution in [0.3, 0.4) is 0 Å². The lowest BCUT2D eigenvalue weighted by molar-refractivity contribution is 0.0376. The van der Waals surface area contributed by atoms with E-state index in [9.17, 15) is 9.59 Å². The lowest BCUT2D eigenvalue weighted by Crippen LogP contribution is -2.36. The zero-order valence-electron chi connectivity index (χ0n) is 16.6. The van der Waals surface area contributed by atoms with Gasteiger partial charge in [-0.3, -0.25) is 9.48 Å². The summed E-state index contributed by atoms with van der Waals surface area (Å²) in [6.07, 6.45) is -0.214. The van der Waals surface area contributed by atoms with Crippen molar-refractivity contribution in [2.24, 2.45) is 0 Å². The highest BCUT2D eigenvalue weighted by molar-refractivity contribution is 6.00. The van der Waals surface area contributed by atoms with Crippen LogP contribution in [0.25, 0.3) is 0 Å². The summed E-state index contributed by atoms with van der Waals surface area (Å²) in [6.45, 7) is 13.5. The van der Waals surface area contributed by atoms with E-state index in [-0.39, 0.29) is 18.1 Å². The molecule has 0 aliphatic heterocycles. The van der Waals surface area contributed by atoms with E-state index in [0.717, 1.165) is 11.4 Å². The summed E-state index contributed by atoms with van der Waals surface area (Å²) in [6, 6.07) is 1.88. The number of H-pyrrole nitrogens is 1. The fraction of sp³-hybridized carbons (Fsp3) is 0.526. The summed E-state index contributed by atoms with van der Waals surface area (Å²) >= 11 is 0. The zero-order valence-corrected chi connectivity index (χ0v) is 16.6. The molecule has 0 aliphatic rings. The van der Waals surface area contributed by atoms with E-state index < -0.39 is 5.97 Å². The van der Waals surface area contributed by atoms with Gasteiger partial charge in [0.2, 0.25) is 0 Å². The van der Waals surface area contributed by atoms with Crippen LogP contribution in [-0.4, -0.2) is 38.8 Å². The number of carbonyl (C=O) groups is 2. The van der Waals surface area contributed by atoms with Crippen LogP contribution in [0.1, 0.15) is 64.3 Å². The van der Waals surface area contributed by atoms with Crippen molar-refractivity contribution in [3.05, 3.63) is 40.0 Å². The number of nitrogens with one attached hydrogen (secondary N) is 2. The number of rotatable bonds is 6. The Bertz CT molecular complexity index is 817. The van der Waals surface area contributed by atoms with E-state index in [1.165, 1.54) is 0 Å². The van der Waals surface area contributed by atoms with Gasteiger partial charge >= 0.3 is 5.97 Å². The summed E-state index contributed by atoms with van der Waals surface area (Å²) in [4.78, 5) is 27.9. The highest BCUT2D eigenvalue weighted by Gasteiger charge is 2.24. The predicted octanol–water partition coefficient (Wildman–Crippen LogP) is 2.83. The van der Waals surface area contributed by atoms with E-state index >= 15 is 0 Å². The number of ether oxygens (including phenoxy) is 1. The molecular weight excluding hydrogens is 332 g/mol. The van der Waals surface area contributed by atoms with Crippen molar-refractivity contribution in [3.63, 3.8) is 0 Å². The van der Waals surface area contributed by atoms with E-state index in [1.54, 1.807) is 27.7 Å². The van der Waals surface area contributed by atoms with Crippen LogP contribution in [0.5, 0.6) is 0 Å². The second-order valence-corrected chi connectivity index (χ2v) is 7.06. The maximum absolute atomic E-state index is 12.6. The molecule has 1 atom stereocenters. The first-order valence-corrected chi connectivity index (χ1v) is 8.82. The fourth-order valence-electron chi connectivity index (χ4n) is 3.02. The Morgan fingerprint density at radius 1 is 1.23 bits per heavy atom. The van der Waals surface area contributed by atoms with Gasteiger partial charge in [-0.1, -0.05) is 0 Å². The molecule has 2 rings (SSSR count). The number of carbonyl (C=O) groups excluding carboxylic acids is 2. The largest absolute Gasteiger partial charge is 0.459 e. The Hall–Kier alpha value is -2.57. The van der Waals surface area contributed by atoms with Crippen LogP contribution in [0.4, 0.5) is 0 Å². The summed E-state index contributed by atoms with van der Waals surface area (Å²) < 4.78 is 7.14. The van der Waals surface area contributed by atoms with Gasteiger partial charge in [0, 0.05) is 17.4 Å². The number of aromatic amines is 1. The van der Waals surface area contributed by atoms with Crippen molar-refractivity contribution in [1.82, 2.24) is 20.1 Å². The quantitative estimate of drug-likeness (QED) is 0.775. The van der Waals surface area contributed by atoms with Gasteiger partial charge in [0.25, 0.3) is 5.91 Å². The van der Waals surface area contributed by atoms with Crippen molar-refractivity contribution in [1.29, 1.82) is 0 Å². The van der Waals surface area contributed by atoms with Gasteiger partial charge in [0.1, 0.15) is 5.69 Å². The van der Waals surface area contributed by atoms with Gasteiger partial charge in [0.15, 0.2) is 0 Å². The van der Waals surface area contributed by atoms with Crippen molar-refractivity contribution in [3.8, 4) is 0 Å². The standard InChI is InChI=1S/C19H28N4O3/c1-10(2)26-19(25)16-14(6)17(21-15(16)7)18(24)20-12(4)9-23-13(5)8-11(3)22-23/h8,10,12,21H,9H2,1-7H3,(H,20,24)/t12-/m1/s1. The zero-order chi connectivity index (χ0) is 19.6. The Kier molecular flexibility index (Phi) is 5.90. The molecule has 0 aliphatic carbocycles. The maximum atomic E-state index is 12.6. The molecule has 0 unspecified atom stereocenters. The minimum absolute atomic E-state index is 0.116. The molecule has 2 N–H and O–H groups in total. The minimum Gasteiger partial charge on any atom is -0.459 e. The van der Waals surface area contributed by atoms with Gasteiger partial charge in [-0.05, 0) is 60.1 Å². The van der Waals surface area contributed by atoms with E-state index in [4.69, 9.17) is 4.74 Å². The van der Waals surface area contributed by atoms with E-state index in [0.29, 0.717) is 29.1 Å². The van der Waals surface area contributed by atoms with Gasteiger partial charge < -0.3 is 15.0 Å². The number of esters is 1. The molecule has 142 valence electrons. The summed E-state index contributed by atoms with van der Waals surface area (Å²) in [5, 5.41) is 7.37. The second kappa shape index (κ2) is 7.76. The molecule has 1 amide bonds. The normalized spacial score (nSPS) is 12.3. The Balaban J connectivity index is 2.12. The lowest BCUT2D eigenvalue weighted by Gasteiger charge is -2.15. The van der Waals surface area contributed by atoms with E-state index in [1.807, 2.05) is 31.5 Å². The highest BCUT2D eigenvalue weighted by atomic mass is 16.5. The average molecular weight is 360 g/mol. The van der Waals surface area contributed by atoms with Crippen LogP contribution >= 0.6 is 0 Å². The summed E-state index contributed by atoms with van der Waals surface area (Å²) in [5.41, 5.74) is 4.04. The van der Waals surface area contributed by atoms with Crippen LogP contribution in [0, 0.1) is 27.7 Å². The molecule has 7 heteroatoms. The number of aryl methyl sites for hydroxylation is 3. The molecular formula is C19H28N4O3. The average Bonchev–Trinajstić information content (AvgIpc) is 2.96. The van der Waals surface area contributed by atoms with Gasteiger partial charge in [-0.2, -0.15) is 5.10 Å². The van der Waals surface area contributed by atoms with Gasteiger partial charge in [0.05, 0.1) is 23.9 Å². The topological polar surface area (TPSA) is 89.0 Å². The first-order chi connectivity index (χ1) is 12.1. The van der Waals surface area contributed by atoms with Crippen LogP contribution in [0.15, 0.2) is 6.07 Å². The molecule has 26 heavy (non-hydrogen) atoms. The Labute approximate surface area is 154 Å². The van der Waals surface area contributed by atoms with Crippen molar-refractivity contribution < 1.29 is 14.3 Å². The molecule has 0 saturated carbocycles. The molecule has 7 nitrogen and oxygen atoms in total. The smallest absolute Gasteiger partial charge is 0.340 e. The number of hydrogen-bond acceptors (Lipinski definition) is 4. The molecule has 0 fully saturated rings. The SMILES string of the molecule is Cc1cc(C)n(C[C@@H](C)NC(=O)c2[nH]c(C)c(C(=O)OC(C)C)c2C)n1. The second-order valence-electron chi connectivity index (χ2n) is 7.06. The first kappa shape index (κ1) is 19.8. The summed E-state index contributed by atoms with van der Waals surface area (Å²) in [7, 11) is 0. The number of hydrogen-bond donors (Lipinski definition) is 2. The Morgan fingerprint density at radius 2 is 1.88 bits per heavy atom. The molecule has 0 radical (unpaired) electrons. The minimum atomic E-state index is -0.416. The fourth-order valence-corrected chi connectivity index (χ4v) is 3.02. The van der Waals surface area contributed by atoms with Gasteiger partial charge in [-0.25, -0.2) is 4.79 Å². The molecule has 2 aromatic heterocycles. The molecule has 0 saturated heterocycles. The predicted molar refractivity (Wildman–Crippen MR) is 99.4 cm³/mol. The third kappa shape index (κ3) is 4.33.